The highest BCUT2D eigenvalue weighted by Crippen LogP contribution is 2.12. The SMILES string of the molecule is CC(=O)Nc1ccc(C(=O)N(C)Cc2ccccc2)cc1. The van der Waals surface area contributed by atoms with Gasteiger partial charge >= 0.3 is 0 Å². The lowest BCUT2D eigenvalue weighted by Gasteiger charge is -2.17. The van der Waals surface area contributed by atoms with Crippen LogP contribution in [-0.2, 0) is 11.3 Å². The molecular formula is C17H18N2O2. The second-order valence-corrected chi connectivity index (χ2v) is 4.91. The molecular weight excluding hydrogens is 264 g/mol. The summed E-state index contributed by atoms with van der Waals surface area (Å²) in [5.74, 6) is -0.177. The summed E-state index contributed by atoms with van der Waals surface area (Å²) in [5, 5.41) is 2.68. The molecule has 0 fully saturated rings. The van der Waals surface area contributed by atoms with Crippen LogP contribution in [0.25, 0.3) is 0 Å². The zero-order valence-electron chi connectivity index (χ0n) is 12.2. The van der Waals surface area contributed by atoms with E-state index >= 15 is 0 Å². The highest BCUT2D eigenvalue weighted by Gasteiger charge is 2.11. The average Bonchev–Trinajstić information content (AvgIpc) is 2.47. The number of carbonyl (C=O) groups is 2. The van der Waals surface area contributed by atoms with Crippen molar-refractivity contribution in [2.75, 3.05) is 12.4 Å². The van der Waals surface area contributed by atoms with E-state index in [1.807, 2.05) is 30.3 Å². The van der Waals surface area contributed by atoms with Gasteiger partial charge in [-0.1, -0.05) is 30.3 Å². The Morgan fingerprint density at radius 1 is 1.00 bits per heavy atom. The number of anilines is 1. The quantitative estimate of drug-likeness (QED) is 0.937. The van der Waals surface area contributed by atoms with Crippen LogP contribution in [0.5, 0.6) is 0 Å². The first-order valence-electron chi connectivity index (χ1n) is 6.73. The van der Waals surface area contributed by atoms with Crippen LogP contribution in [0.1, 0.15) is 22.8 Å². The van der Waals surface area contributed by atoms with E-state index in [-0.39, 0.29) is 11.8 Å². The Morgan fingerprint density at radius 2 is 1.62 bits per heavy atom. The maximum atomic E-state index is 12.3. The largest absolute Gasteiger partial charge is 0.337 e. The molecule has 4 heteroatoms. The van der Waals surface area contributed by atoms with Crippen molar-refractivity contribution in [3.8, 4) is 0 Å². The van der Waals surface area contributed by atoms with Crippen LogP contribution in [-0.4, -0.2) is 23.8 Å². The van der Waals surface area contributed by atoms with Crippen molar-refractivity contribution >= 4 is 17.5 Å². The van der Waals surface area contributed by atoms with E-state index in [0.29, 0.717) is 17.8 Å². The second kappa shape index (κ2) is 6.70. The molecule has 0 saturated carbocycles. The molecule has 0 aliphatic heterocycles. The van der Waals surface area contributed by atoms with Gasteiger partial charge < -0.3 is 10.2 Å². The summed E-state index contributed by atoms with van der Waals surface area (Å²) in [6.07, 6.45) is 0. The Bertz CT molecular complexity index is 621. The van der Waals surface area contributed by atoms with Crippen LogP contribution < -0.4 is 5.32 Å². The fourth-order valence-corrected chi connectivity index (χ4v) is 2.05. The molecule has 1 N–H and O–H groups in total. The lowest BCUT2D eigenvalue weighted by atomic mass is 10.1. The molecule has 4 nitrogen and oxygen atoms in total. The Morgan fingerprint density at radius 3 is 2.19 bits per heavy atom. The molecule has 2 aromatic carbocycles. The molecule has 108 valence electrons. The van der Waals surface area contributed by atoms with Crippen LogP contribution in [0, 0.1) is 0 Å². The van der Waals surface area contributed by atoms with Crippen molar-refractivity contribution in [2.45, 2.75) is 13.5 Å². The molecule has 0 spiro atoms. The van der Waals surface area contributed by atoms with E-state index in [0.717, 1.165) is 5.56 Å². The van der Waals surface area contributed by atoms with Crippen LogP contribution in [0.2, 0.25) is 0 Å². The molecule has 0 unspecified atom stereocenters. The predicted octanol–water partition coefficient (Wildman–Crippen LogP) is 2.92. The number of hydrogen-bond donors (Lipinski definition) is 1. The summed E-state index contributed by atoms with van der Waals surface area (Å²) < 4.78 is 0. The lowest BCUT2D eigenvalue weighted by Crippen LogP contribution is -2.26. The van der Waals surface area contributed by atoms with Gasteiger partial charge in [-0.05, 0) is 29.8 Å². The van der Waals surface area contributed by atoms with Crippen molar-refractivity contribution in [3.63, 3.8) is 0 Å². The number of benzene rings is 2. The molecule has 0 atom stereocenters. The third-order valence-electron chi connectivity index (χ3n) is 3.06. The fraction of sp³-hybridized carbons (Fsp3) is 0.176. The minimum Gasteiger partial charge on any atom is -0.337 e. The first kappa shape index (κ1) is 14.8. The molecule has 0 heterocycles. The second-order valence-electron chi connectivity index (χ2n) is 4.91. The van der Waals surface area contributed by atoms with Crippen LogP contribution in [0.15, 0.2) is 54.6 Å². The summed E-state index contributed by atoms with van der Waals surface area (Å²) in [4.78, 5) is 24.9. The van der Waals surface area contributed by atoms with Crippen molar-refractivity contribution in [1.82, 2.24) is 4.90 Å². The summed E-state index contributed by atoms with van der Waals surface area (Å²) in [5.41, 5.74) is 2.37. The standard InChI is InChI=1S/C17H18N2O2/c1-13(20)18-16-10-8-15(9-11-16)17(21)19(2)12-14-6-4-3-5-7-14/h3-11H,12H2,1-2H3,(H,18,20). The molecule has 21 heavy (non-hydrogen) atoms. The Hall–Kier alpha value is -2.62. The molecule has 0 saturated heterocycles. The minimum atomic E-state index is -0.129. The number of carbonyl (C=O) groups excluding carboxylic acids is 2. The van der Waals surface area contributed by atoms with Gasteiger partial charge in [0.2, 0.25) is 5.91 Å². The zero-order valence-corrected chi connectivity index (χ0v) is 12.2. The molecule has 0 aliphatic rings. The average molecular weight is 282 g/mol. The van der Waals surface area contributed by atoms with Crippen LogP contribution in [0.4, 0.5) is 5.69 Å². The van der Waals surface area contributed by atoms with Gasteiger partial charge in [-0.15, -0.1) is 0 Å². The molecule has 2 rings (SSSR count). The van der Waals surface area contributed by atoms with Crippen molar-refractivity contribution in [3.05, 3.63) is 65.7 Å². The van der Waals surface area contributed by atoms with E-state index in [1.54, 1.807) is 36.2 Å². The first-order chi connectivity index (χ1) is 10.1. The highest BCUT2D eigenvalue weighted by molar-refractivity contribution is 5.95. The van der Waals surface area contributed by atoms with E-state index in [1.165, 1.54) is 6.92 Å². The minimum absolute atomic E-state index is 0.0479. The Balaban J connectivity index is 2.03. The maximum Gasteiger partial charge on any atom is 0.253 e. The fourth-order valence-electron chi connectivity index (χ4n) is 2.05. The predicted molar refractivity (Wildman–Crippen MR) is 83.0 cm³/mol. The van der Waals surface area contributed by atoms with Gasteiger partial charge in [0.25, 0.3) is 5.91 Å². The molecule has 2 amide bonds. The normalized spacial score (nSPS) is 10.0. The summed E-state index contributed by atoms with van der Waals surface area (Å²) in [7, 11) is 1.77. The van der Waals surface area contributed by atoms with Crippen molar-refractivity contribution < 1.29 is 9.59 Å². The topological polar surface area (TPSA) is 49.4 Å². The Kier molecular flexibility index (Phi) is 4.72. The smallest absolute Gasteiger partial charge is 0.253 e. The first-order valence-corrected chi connectivity index (χ1v) is 6.73. The van der Waals surface area contributed by atoms with E-state index in [4.69, 9.17) is 0 Å². The van der Waals surface area contributed by atoms with Gasteiger partial charge in [-0.25, -0.2) is 0 Å². The maximum absolute atomic E-state index is 12.3. The van der Waals surface area contributed by atoms with Gasteiger partial charge in [0, 0.05) is 31.8 Å². The number of nitrogens with one attached hydrogen (secondary N) is 1. The monoisotopic (exact) mass is 282 g/mol. The highest BCUT2D eigenvalue weighted by atomic mass is 16.2. The molecule has 0 bridgehead atoms. The van der Waals surface area contributed by atoms with Crippen molar-refractivity contribution in [2.24, 2.45) is 0 Å². The van der Waals surface area contributed by atoms with Gasteiger partial charge in [0.05, 0.1) is 0 Å². The number of amides is 2. The molecule has 0 aliphatic carbocycles. The summed E-state index contributed by atoms with van der Waals surface area (Å²) in [6.45, 7) is 2.01. The molecule has 2 aromatic rings. The van der Waals surface area contributed by atoms with E-state index in [9.17, 15) is 9.59 Å². The summed E-state index contributed by atoms with van der Waals surface area (Å²) in [6, 6.07) is 16.7. The van der Waals surface area contributed by atoms with Crippen LogP contribution >= 0.6 is 0 Å². The number of rotatable bonds is 4. The zero-order chi connectivity index (χ0) is 15.2. The van der Waals surface area contributed by atoms with Gasteiger partial charge in [0.1, 0.15) is 0 Å². The van der Waals surface area contributed by atoms with Gasteiger partial charge in [-0.3, -0.25) is 9.59 Å². The summed E-state index contributed by atoms with van der Waals surface area (Å²) >= 11 is 0. The van der Waals surface area contributed by atoms with Crippen LogP contribution in [0.3, 0.4) is 0 Å². The number of hydrogen-bond acceptors (Lipinski definition) is 2. The Labute approximate surface area is 124 Å². The lowest BCUT2D eigenvalue weighted by molar-refractivity contribution is -0.114. The number of nitrogens with zero attached hydrogens (tertiary/aromatic N) is 1. The van der Waals surface area contributed by atoms with Gasteiger partial charge in [-0.2, -0.15) is 0 Å². The molecule has 0 radical (unpaired) electrons. The van der Waals surface area contributed by atoms with Crippen molar-refractivity contribution in [1.29, 1.82) is 0 Å². The third-order valence-corrected chi connectivity index (χ3v) is 3.06. The third kappa shape index (κ3) is 4.18. The van der Waals surface area contributed by atoms with E-state index in [2.05, 4.69) is 5.32 Å². The van der Waals surface area contributed by atoms with Gasteiger partial charge in [0.15, 0.2) is 0 Å². The molecule has 0 aromatic heterocycles. The van der Waals surface area contributed by atoms with E-state index < -0.39 is 0 Å².